The summed E-state index contributed by atoms with van der Waals surface area (Å²) in [5.74, 6) is 0.190. The van der Waals surface area contributed by atoms with Gasteiger partial charge in [-0.3, -0.25) is 9.59 Å². The first-order valence-electron chi connectivity index (χ1n) is 20.4. The molecule has 2 aliphatic heterocycles. The van der Waals surface area contributed by atoms with Crippen LogP contribution < -0.4 is 25.8 Å². The third-order valence-corrected chi connectivity index (χ3v) is 11.9. The number of hydrogen-bond acceptors (Lipinski definition) is 12. The van der Waals surface area contributed by atoms with E-state index in [2.05, 4.69) is 50.2 Å². The van der Waals surface area contributed by atoms with Crippen molar-refractivity contribution in [3.05, 3.63) is 96.1 Å². The van der Waals surface area contributed by atoms with Gasteiger partial charge in [-0.05, 0) is 42.9 Å². The monoisotopic (exact) mass is 827 g/mol. The third-order valence-electron chi connectivity index (χ3n) is 11.9. The summed E-state index contributed by atoms with van der Waals surface area (Å²) in [5, 5.41) is 31.8. The zero-order chi connectivity index (χ0) is 42.0. The predicted octanol–water partition coefficient (Wildman–Crippen LogP) is 4.05. The first-order valence-corrected chi connectivity index (χ1v) is 20.4. The molecule has 1 saturated carbocycles. The summed E-state index contributed by atoms with van der Waals surface area (Å²) in [7, 11) is 0. The molecule has 0 spiro atoms. The molecule has 3 aliphatic rings. The van der Waals surface area contributed by atoms with Crippen molar-refractivity contribution in [1.82, 2.24) is 40.1 Å². The van der Waals surface area contributed by atoms with E-state index in [-0.39, 0.29) is 48.5 Å². The molecule has 8 rings (SSSR count). The summed E-state index contributed by atoms with van der Waals surface area (Å²) in [6.07, 6.45) is -2.26. The average Bonchev–Trinajstić information content (AvgIpc) is 3.99. The lowest BCUT2D eigenvalue weighted by Gasteiger charge is -2.32. The van der Waals surface area contributed by atoms with Gasteiger partial charge in [0.15, 0.2) is 17.0 Å². The highest BCUT2D eigenvalue weighted by molar-refractivity contribution is 5.85. The molecule has 1 aliphatic carbocycles. The molecule has 0 unspecified atom stereocenters. The fraction of sp³-hybridized carbons (Fsp3) is 0.452. The number of hydrogen-bond donors (Lipinski definition) is 5. The van der Waals surface area contributed by atoms with Crippen LogP contribution in [0, 0.1) is 5.92 Å². The van der Waals surface area contributed by atoms with E-state index < -0.39 is 36.2 Å². The standard InChI is InChI=1S/C42H48F3N11O4/c1-2-33(57)50-30-21-31(36(59)35(30)58)56-24-48-34-37(47-22-29(25-9-5-3-6-10-25)26-11-7-4-8-12-26)52-41(53-38(34)56)55-20-16-28(23-55)49-39(60)27-14-18-54(19-15-27)40-46-17-13-32(51-40)42(43,44)45/h3-13,17,24,27-31,35-36,58-59H,2,14-16,18-23H2,1H3,(H,49,60)(H,50,57)(H,47,52,53)/t28-,30+,31-,35-,36+/m1/s1. The molecule has 2 aromatic carbocycles. The Kier molecular flexibility index (Phi) is 11.8. The molecule has 0 bridgehead atoms. The number of aliphatic hydroxyl groups excluding tert-OH is 2. The second-order valence-electron chi connectivity index (χ2n) is 15.7. The van der Waals surface area contributed by atoms with Gasteiger partial charge in [0.05, 0.1) is 18.4 Å². The van der Waals surface area contributed by atoms with Crippen molar-refractivity contribution < 1.29 is 33.0 Å². The molecule has 3 fully saturated rings. The minimum absolute atomic E-state index is 0.000334. The van der Waals surface area contributed by atoms with E-state index >= 15 is 0 Å². The fourth-order valence-corrected chi connectivity index (χ4v) is 8.52. The summed E-state index contributed by atoms with van der Waals surface area (Å²) in [4.78, 5) is 51.9. The second kappa shape index (κ2) is 17.4. The van der Waals surface area contributed by atoms with Crippen LogP contribution in [0.25, 0.3) is 11.2 Å². The quantitative estimate of drug-likeness (QED) is 0.122. The highest BCUT2D eigenvalue weighted by Crippen LogP contribution is 2.36. The zero-order valence-electron chi connectivity index (χ0n) is 33.0. The number of halogens is 3. The summed E-state index contributed by atoms with van der Waals surface area (Å²) in [5.41, 5.74) is 2.15. The van der Waals surface area contributed by atoms with Crippen molar-refractivity contribution in [2.75, 3.05) is 47.8 Å². The van der Waals surface area contributed by atoms with Crippen molar-refractivity contribution in [1.29, 1.82) is 0 Å². The van der Waals surface area contributed by atoms with Gasteiger partial charge < -0.3 is 40.5 Å². The molecule has 15 nitrogen and oxygen atoms in total. The van der Waals surface area contributed by atoms with Crippen molar-refractivity contribution in [2.24, 2.45) is 5.92 Å². The van der Waals surface area contributed by atoms with Crippen molar-refractivity contribution in [3.8, 4) is 0 Å². The van der Waals surface area contributed by atoms with Gasteiger partial charge >= 0.3 is 6.18 Å². The van der Waals surface area contributed by atoms with Gasteiger partial charge in [0.25, 0.3) is 0 Å². The number of benzene rings is 2. The van der Waals surface area contributed by atoms with Gasteiger partial charge in [-0.2, -0.15) is 23.1 Å². The molecule has 2 amide bonds. The number of imidazole rings is 1. The lowest BCUT2D eigenvalue weighted by Crippen LogP contribution is -2.45. The molecular formula is C42H48F3N11O4. The molecule has 316 valence electrons. The molecule has 60 heavy (non-hydrogen) atoms. The lowest BCUT2D eigenvalue weighted by molar-refractivity contribution is -0.141. The molecule has 5 atom stereocenters. The van der Waals surface area contributed by atoms with Crippen LogP contribution in [0.3, 0.4) is 0 Å². The van der Waals surface area contributed by atoms with Gasteiger partial charge in [0, 0.05) is 63.2 Å². The maximum absolute atomic E-state index is 13.5. The van der Waals surface area contributed by atoms with Crippen LogP contribution in [0.5, 0.6) is 0 Å². The maximum Gasteiger partial charge on any atom is 0.433 e. The SMILES string of the molecule is CCC(=O)N[C@H]1C[C@@H](n2cnc3c(NCC(c4ccccc4)c4ccccc4)nc(N4CC[C@@H](NC(=O)C5CCN(c6nccc(C(F)(F)F)n6)CC5)C4)nc32)[C@H](O)[C@@H]1O. The number of aliphatic hydroxyl groups is 2. The molecule has 18 heteroatoms. The number of nitrogens with one attached hydrogen (secondary N) is 3. The third kappa shape index (κ3) is 8.70. The average molecular weight is 828 g/mol. The number of carbonyl (C=O) groups is 2. The number of nitrogens with zero attached hydrogens (tertiary/aromatic N) is 8. The van der Waals surface area contributed by atoms with Crippen LogP contribution in [-0.2, 0) is 15.8 Å². The van der Waals surface area contributed by atoms with Gasteiger partial charge in [0.1, 0.15) is 17.9 Å². The smallest absolute Gasteiger partial charge is 0.388 e. The zero-order valence-corrected chi connectivity index (χ0v) is 33.0. The number of alkyl halides is 3. The van der Waals surface area contributed by atoms with Crippen LogP contribution in [-0.4, -0.2) is 109 Å². The van der Waals surface area contributed by atoms with Crippen LogP contribution >= 0.6 is 0 Å². The number of anilines is 3. The highest BCUT2D eigenvalue weighted by Gasteiger charge is 2.44. The van der Waals surface area contributed by atoms with Gasteiger partial charge in [-0.25, -0.2) is 15.0 Å². The summed E-state index contributed by atoms with van der Waals surface area (Å²) < 4.78 is 41.5. The highest BCUT2D eigenvalue weighted by atomic mass is 19.4. The van der Waals surface area contributed by atoms with Gasteiger partial charge in [0.2, 0.25) is 23.7 Å². The van der Waals surface area contributed by atoms with E-state index in [0.29, 0.717) is 74.9 Å². The Hall–Kier alpha value is -5.88. The Bertz CT molecular complexity index is 2230. The first kappa shape index (κ1) is 40.9. The fourth-order valence-electron chi connectivity index (χ4n) is 8.52. The molecule has 5 aromatic rings. The minimum atomic E-state index is -4.57. The molecular weight excluding hydrogens is 780 g/mol. The maximum atomic E-state index is 13.5. The Labute approximate surface area is 344 Å². The molecule has 5 N–H and O–H groups in total. The molecule has 5 heterocycles. The number of aromatic nitrogens is 6. The van der Waals surface area contributed by atoms with Crippen LogP contribution in [0.2, 0.25) is 0 Å². The lowest BCUT2D eigenvalue weighted by atomic mass is 9.91. The van der Waals surface area contributed by atoms with E-state index in [1.54, 1.807) is 22.7 Å². The van der Waals surface area contributed by atoms with Crippen molar-refractivity contribution >= 4 is 40.7 Å². The Morgan fingerprint density at radius 3 is 2.18 bits per heavy atom. The number of amides is 2. The van der Waals surface area contributed by atoms with E-state index in [4.69, 9.17) is 15.0 Å². The number of carbonyl (C=O) groups excluding carboxylic acids is 2. The minimum Gasteiger partial charge on any atom is -0.388 e. The number of fused-ring (bicyclic) bond motifs is 1. The van der Waals surface area contributed by atoms with Gasteiger partial charge in [-0.1, -0.05) is 67.6 Å². The molecule has 3 aromatic heterocycles. The van der Waals surface area contributed by atoms with E-state index in [0.717, 1.165) is 23.4 Å². The second-order valence-corrected chi connectivity index (χ2v) is 15.7. The Balaban J connectivity index is 1.01. The summed E-state index contributed by atoms with van der Waals surface area (Å²) in [6.45, 7) is 3.86. The van der Waals surface area contributed by atoms with E-state index in [9.17, 15) is 33.0 Å². The number of piperidine rings is 1. The Morgan fingerprint density at radius 2 is 1.52 bits per heavy atom. The van der Waals surface area contributed by atoms with Crippen molar-refractivity contribution in [3.63, 3.8) is 0 Å². The molecule has 0 radical (unpaired) electrons. The van der Waals surface area contributed by atoms with Crippen LogP contribution in [0.1, 0.15) is 67.8 Å². The van der Waals surface area contributed by atoms with E-state index in [1.807, 2.05) is 41.3 Å². The summed E-state index contributed by atoms with van der Waals surface area (Å²) >= 11 is 0. The van der Waals surface area contributed by atoms with Crippen LogP contribution in [0.4, 0.5) is 30.9 Å². The normalized spacial score (nSPS) is 22.4. The summed E-state index contributed by atoms with van der Waals surface area (Å²) in [6, 6.07) is 19.7. The van der Waals surface area contributed by atoms with E-state index in [1.165, 1.54) is 0 Å². The van der Waals surface area contributed by atoms with Gasteiger partial charge in [-0.15, -0.1) is 0 Å². The topological polar surface area (TPSA) is 187 Å². The first-order chi connectivity index (χ1) is 29.0. The van der Waals surface area contributed by atoms with Crippen molar-refractivity contribution in [2.45, 2.75) is 81.5 Å². The van der Waals surface area contributed by atoms with Crippen LogP contribution in [0.15, 0.2) is 79.3 Å². The Morgan fingerprint density at radius 1 is 0.833 bits per heavy atom. The molecule has 2 saturated heterocycles. The largest absolute Gasteiger partial charge is 0.433 e. The number of rotatable bonds is 12. The predicted molar refractivity (Wildman–Crippen MR) is 217 cm³/mol.